The minimum Gasteiger partial charge on any atom is -0.457 e. The number of ether oxygens (including phenoxy) is 1. The van der Waals surface area contributed by atoms with Crippen molar-refractivity contribution in [2.24, 2.45) is 0 Å². The first-order chi connectivity index (χ1) is 11.8. The molecule has 0 aliphatic heterocycles. The molecular weight excluding hydrogens is 300 g/mol. The first-order valence-electron chi connectivity index (χ1n) is 7.71. The number of amides is 1. The van der Waals surface area contributed by atoms with Crippen molar-refractivity contribution in [3.8, 4) is 11.5 Å². The second kappa shape index (κ2) is 7.83. The van der Waals surface area contributed by atoms with Crippen LogP contribution in [0.3, 0.4) is 0 Å². The average molecular weight is 318 g/mol. The number of benzene rings is 3. The van der Waals surface area contributed by atoms with Crippen LogP contribution >= 0.6 is 0 Å². The zero-order valence-corrected chi connectivity index (χ0v) is 13.1. The summed E-state index contributed by atoms with van der Waals surface area (Å²) in [5.41, 5.74) is 1.65. The van der Waals surface area contributed by atoms with Gasteiger partial charge < -0.3 is 15.4 Å². The Balaban J connectivity index is 1.50. The van der Waals surface area contributed by atoms with Gasteiger partial charge in [-0.3, -0.25) is 4.79 Å². The van der Waals surface area contributed by atoms with E-state index in [-0.39, 0.29) is 12.5 Å². The van der Waals surface area contributed by atoms with Crippen LogP contribution in [0.1, 0.15) is 0 Å². The van der Waals surface area contributed by atoms with E-state index in [4.69, 9.17) is 4.74 Å². The quantitative estimate of drug-likeness (QED) is 0.702. The van der Waals surface area contributed by atoms with Gasteiger partial charge in [0.1, 0.15) is 11.5 Å². The lowest BCUT2D eigenvalue weighted by Crippen LogP contribution is -2.21. The van der Waals surface area contributed by atoms with Crippen LogP contribution in [0.5, 0.6) is 11.5 Å². The molecular formula is C20H18N2O2. The highest BCUT2D eigenvalue weighted by Crippen LogP contribution is 2.22. The van der Waals surface area contributed by atoms with Gasteiger partial charge in [0.25, 0.3) is 0 Å². The molecule has 2 N–H and O–H groups in total. The van der Waals surface area contributed by atoms with Crippen LogP contribution in [0.4, 0.5) is 11.4 Å². The maximum Gasteiger partial charge on any atom is 0.243 e. The Kier molecular flexibility index (Phi) is 5.10. The molecule has 3 aromatic rings. The monoisotopic (exact) mass is 318 g/mol. The molecule has 0 aliphatic rings. The number of carbonyl (C=O) groups is 1. The van der Waals surface area contributed by atoms with Gasteiger partial charge in [0.2, 0.25) is 5.91 Å². The average Bonchev–Trinajstić information content (AvgIpc) is 2.63. The van der Waals surface area contributed by atoms with Crippen molar-refractivity contribution in [2.45, 2.75) is 0 Å². The predicted molar refractivity (Wildman–Crippen MR) is 96.5 cm³/mol. The van der Waals surface area contributed by atoms with Crippen molar-refractivity contribution < 1.29 is 9.53 Å². The van der Waals surface area contributed by atoms with E-state index in [1.54, 1.807) is 0 Å². The fourth-order valence-electron chi connectivity index (χ4n) is 2.17. The van der Waals surface area contributed by atoms with Crippen molar-refractivity contribution in [2.75, 3.05) is 17.2 Å². The third-order valence-electron chi connectivity index (χ3n) is 3.34. The zero-order chi connectivity index (χ0) is 16.6. The first kappa shape index (κ1) is 15.6. The smallest absolute Gasteiger partial charge is 0.243 e. The molecule has 1 amide bonds. The molecule has 3 rings (SSSR count). The summed E-state index contributed by atoms with van der Waals surface area (Å²) in [5, 5.41) is 5.92. The van der Waals surface area contributed by atoms with Gasteiger partial charge in [0.15, 0.2) is 0 Å². The van der Waals surface area contributed by atoms with Gasteiger partial charge in [0.05, 0.1) is 6.54 Å². The Bertz CT molecular complexity index is 772. The summed E-state index contributed by atoms with van der Waals surface area (Å²) < 4.78 is 5.73. The van der Waals surface area contributed by atoms with Gasteiger partial charge in [-0.1, -0.05) is 36.4 Å². The van der Waals surface area contributed by atoms with E-state index in [1.165, 1.54) is 0 Å². The Hall–Kier alpha value is -3.27. The SMILES string of the molecule is O=C(CNc1ccc(Oc2ccccc2)cc1)Nc1ccccc1. The molecule has 0 aliphatic carbocycles. The summed E-state index contributed by atoms with van der Waals surface area (Å²) in [7, 11) is 0. The predicted octanol–water partition coefficient (Wildman–Crippen LogP) is 4.53. The van der Waals surface area contributed by atoms with Crippen LogP contribution in [0.15, 0.2) is 84.9 Å². The second-order valence-corrected chi connectivity index (χ2v) is 5.21. The Morgan fingerprint density at radius 2 is 1.29 bits per heavy atom. The number of anilines is 2. The highest BCUT2D eigenvalue weighted by molar-refractivity contribution is 5.93. The summed E-state index contributed by atoms with van der Waals surface area (Å²) in [4.78, 5) is 11.9. The summed E-state index contributed by atoms with van der Waals surface area (Å²) in [6, 6.07) is 26.5. The largest absolute Gasteiger partial charge is 0.457 e. The molecule has 0 atom stereocenters. The van der Waals surface area contributed by atoms with Crippen molar-refractivity contribution in [1.29, 1.82) is 0 Å². The molecule has 0 bridgehead atoms. The number of rotatable bonds is 6. The van der Waals surface area contributed by atoms with E-state index in [0.717, 1.165) is 22.9 Å². The molecule has 0 spiro atoms. The van der Waals surface area contributed by atoms with Gasteiger partial charge in [-0.05, 0) is 48.5 Å². The molecule has 120 valence electrons. The first-order valence-corrected chi connectivity index (χ1v) is 7.71. The number of carbonyl (C=O) groups excluding carboxylic acids is 1. The Morgan fingerprint density at radius 1 is 0.708 bits per heavy atom. The van der Waals surface area contributed by atoms with Crippen LogP contribution in [0, 0.1) is 0 Å². The van der Waals surface area contributed by atoms with Crippen LogP contribution in [-0.4, -0.2) is 12.5 Å². The molecule has 0 unspecified atom stereocenters. The van der Waals surface area contributed by atoms with Crippen molar-refractivity contribution in [3.05, 3.63) is 84.9 Å². The van der Waals surface area contributed by atoms with Crippen LogP contribution in [-0.2, 0) is 4.79 Å². The topological polar surface area (TPSA) is 50.4 Å². The lowest BCUT2D eigenvalue weighted by molar-refractivity contribution is -0.114. The highest BCUT2D eigenvalue weighted by Gasteiger charge is 2.02. The standard InChI is InChI=1S/C20H18N2O2/c23-20(22-17-7-3-1-4-8-17)15-21-16-11-13-19(14-12-16)24-18-9-5-2-6-10-18/h1-14,21H,15H2,(H,22,23). The maximum absolute atomic E-state index is 11.9. The van der Waals surface area contributed by atoms with Crippen LogP contribution in [0.2, 0.25) is 0 Å². The lowest BCUT2D eigenvalue weighted by atomic mass is 10.3. The van der Waals surface area contributed by atoms with E-state index >= 15 is 0 Å². The summed E-state index contributed by atoms with van der Waals surface area (Å²) in [6.45, 7) is 0.202. The number of hydrogen-bond acceptors (Lipinski definition) is 3. The zero-order valence-electron chi connectivity index (χ0n) is 13.1. The molecule has 0 heterocycles. The number of hydrogen-bond donors (Lipinski definition) is 2. The van der Waals surface area contributed by atoms with E-state index in [1.807, 2.05) is 84.9 Å². The van der Waals surface area contributed by atoms with E-state index < -0.39 is 0 Å². The number of para-hydroxylation sites is 2. The Labute approximate surface area is 141 Å². The van der Waals surface area contributed by atoms with Crippen LogP contribution < -0.4 is 15.4 Å². The van der Waals surface area contributed by atoms with Gasteiger partial charge >= 0.3 is 0 Å². The fraction of sp³-hybridized carbons (Fsp3) is 0.0500. The van der Waals surface area contributed by atoms with Crippen LogP contribution in [0.25, 0.3) is 0 Å². The third-order valence-corrected chi connectivity index (χ3v) is 3.34. The fourth-order valence-corrected chi connectivity index (χ4v) is 2.17. The third kappa shape index (κ3) is 4.61. The molecule has 4 nitrogen and oxygen atoms in total. The molecule has 3 aromatic carbocycles. The normalized spacial score (nSPS) is 10.0. The molecule has 0 saturated heterocycles. The minimum absolute atomic E-state index is 0.0918. The molecule has 0 fully saturated rings. The molecule has 0 saturated carbocycles. The lowest BCUT2D eigenvalue weighted by Gasteiger charge is -2.09. The van der Waals surface area contributed by atoms with Gasteiger partial charge in [-0.2, -0.15) is 0 Å². The Morgan fingerprint density at radius 3 is 1.96 bits per heavy atom. The maximum atomic E-state index is 11.9. The summed E-state index contributed by atoms with van der Waals surface area (Å²) in [6.07, 6.45) is 0. The highest BCUT2D eigenvalue weighted by atomic mass is 16.5. The molecule has 0 aromatic heterocycles. The van der Waals surface area contributed by atoms with E-state index in [2.05, 4.69) is 10.6 Å². The molecule has 4 heteroatoms. The van der Waals surface area contributed by atoms with Gasteiger partial charge in [-0.15, -0.1) is 0 Å². The molecule has 24 heavy (non-hydrogen) atoms. The van der Waals surface area contributed by atoms with Crippen molar-refractivity contribution in [3.63, 3.8) is 0 Å². The summed E-state index contributed by atoms with van der Waals surface area (Å²) >= 11 is 0. The minimum atomic E-state index is -0.0918. The van der Waals surface area contributed by atoms with E-state index in [9.17, 15) is 4.79 Å². The van der Waals surface area contributed by atoms with Crippen molar-refractivity contribution >= 4 is 17.3 Å². The summed E-state index contributed by atoms with van der Waals surface area (Å²) in [5.74, 6) is 1.45. The van der Waals surface area contributed by atoms with Crippen molar-refractivity contribution in [1.82, 2.24) is 0 Å². The van der Waals surface area contributed by atoms with Gasteiger partial charge in [0, 0.05) is 11.4 Å². The number of nitrogens with one attached hydrogen (secondary N) is 2. The van der Waals surface area contributed by atoms with Gasteiger partial charge in [-0.25, -0.2) is 0 Å². The second-order valence-electron chi connectivity index (χ2n) is 5.21. The molecule has 0 radical (unpaired) electrons. The van der Waals surface area contributed by atoms with E-state index in [0.29, 0.717) is 0 Å².